The number of rotatable bonds is 11. The van der Waals surface area contributed by atoms with Crippen LogP contribution in [0.4, 0.5) is 0 Å². The van der Waals surface area contributed by atoms with Gasteiger partial charge in [-0.2, -0.15) is 0 Å². The lowest BCUT2D eigenvalue weighted by Crippen LogP contribution is -2.11. The van der Waals surface area contributed by atoms with Crippen molar-refractivity contribution in [2.75, 3.05) is 0 Å². The Morgan fingerprint density at radius 2 is 1.31 bits per heavy atom. The quantitative estimate of drug-likeness (QED) is 0.368. The van der Waals surface area contributed by atoms with Gasteiger partial charge < -0.3 is 0 Å². The SMILES string of the molecule is CCCCCCC(C)C(CCC)CCCC. The Balaban J connectivity index is 3.72. The fourth-order valence-electron chi connectivity index (χ4n) is 2.68. The molecule has 2 unspecified atom stereocenters. The lowest BCUT2D eigenvalue weighted by Gasteiger charge is -2.23. The monoisotopic (exact) mass is 226 g/mol. The number of hydrogen-bond donors (Lipinski definition) is 0. The molecule has 0 aromatic carbocycles. The molecule has 16 heavy (non-hydrogen) atoms. The predicted molar refractivity (Wildman–Crippen MR) is 75.8 cm³/mol. The molecule has 0 aliphatic rings. The van der Waals surface area contributed by atoms with Gasteiger partial charge >= 0.3 is 0 Å². The molecular formula is C16H34. The molecule has 0 saturated carbocycles. The lowest BCUT2D eigenvalue weighted by molar-refractivity contribution is 0.283. The van der Waals surface area contributed by atoms with E-state index in [9.17, 15) is 0 Å². The van der Waals surface area contributed by atoms with Crippen LogP contribution in [0, 0.1) is 11.8 Å². The highest BCUT2D eigenvalue weighted by molar-refractivity contribution is 4.66. The highest BCUT2D eigenvalue weighted by Gasteiger charge is 2.15. The van der Waals surface area contributed by atoms with E-state index in [1.165, 1.54) is 64.2 Å². The Hall–Kier alpha value is 0. The number of hydrogen-bond acceptors (Lipinski definition) is 0. The first-order valence-corrected chi connectivity index (χ1v) is 7.76. The summed E-state index contributed by atoms with van der Waals surface area (Å²) in [6, 6.07) is 0. The van der Waals surface area contributed by atoms with Crippen LogP contribution in [0.25, 0.3) is 0 Å². The van der Waals surface area contributed by atoms with Crippen LogP contribution in [-0.2, 0) is 0 Å². The smallest absolute Gasteiger partial charge is 0.0389 e. The van der Waals surface area contributed by atoms with Gasteiger partial charge in [-0.25, -0.2) is 0 Å². The van der Waals surface area contributed by atoms with E-state index in [-0.39, 0.29) is 0 Å². The van der Waals surface area contributed by atoms with Crippen molar-refractivity contribution >= 4 is 0 Å². The molecule has 98 valence electrons. The molecule has 0 aromatic rings. The van der Waals surface area contributed by atoms with Gasteiger partial charge in [0.25, 0.3) is 0 Å². The summed E-state index contributed by atoms with van der Waals surface area (Å²) < 4.78 is 0. The van der Waals surface area contributed by atoms with Crippen LogP contribution in [0.3, 0.4) is 0 Å². The fourth-order valence-corrected chi connectivity index (χ4v) is 2.68. The third-order valence-corrected chi connectivity index (χ3v) is 3.91. The molecule has 2 atom stereocenters. The van der Waals surface area contributed by atoms with Crippen molar-refractivity contribution in [1.29, 1.82) is 0 Å². The minimum atomic E-state index is 0.961. The zero-order chi connectivity index (χ0) is 12.2. The Labute approximate surface area is 104 Å². The minimum Gasteiger partial charge on any atom is -0.0654 e. The normalized spacial score (nSPS) is 15.0. The van der Waals surface area contributed by atoms with Gasteiger partial charge in [0.1, 0.15) is 0 Å². The fraction of sp³-hybridized carbons (Fsp3) is 1.00. The first-order chi connectivity index (χ1) is 7.76. The van der Waals surface area contributed by atoms with Crippen molar-refractivity contribution < 1.29 is 0 Å². The molecule has 0 aliphatic carbocycles. The Bertz CT molecular complexity index is 128. The maximum Gasteiger partial charge on any atom is -0.0389 e. The highest BCUT2D eigenvalue weighted by atomic mass is 14.2. The molecule has 0 saturated heterocycles. The van der Waals surface area contributed by atoms with E-state index in [1.54, 1.807) is 0 Å². The lowest BCUT2D eigenvalue weighted by atomic mass is 9.83. The van der Waals surface area contributed by atoms with Crippen LogP contribution >= 0.6 is 0 Å². The van der Waals surface area contributed by atoms with E-state index < -0.39 is 0 Å². The molecule has 0 radical (unpaired) electrons. The minimum absolute atomic E-state index is 0.961. The molecule has 0 rings (SSSR count). The van der Waals surface area contributed by atoms with Gasteiger partial charge in [0.05, 0.1) is 0 Å². The Morgan fingerprint density at radius 3 is 1.88 bits per heavy atom. The van der Waals surface area contributed by atoms with Crippen molar-refractivity contribution in [3.8, 4) is 0 Å². The Morgan fingerprint density at radius 1 is 0.625 bits per heavy atom. The summed E-state index contributed by atoms with van der Waals surface area (Å²) in [5.74, 6) is 1.97. The van der Waals surface area contributed by atoms with Crippen LogP contribution < -0.4 is 0 Å². The van der Waals surface area contributed by atoms with Gasteiger partial charge in [0, 0.05) is 0 Å². The molecule has 0 N–H and O–H groups in total. The molecule has 0 fully saturated rings. The average molecular weight is 226 g/mol. The summed E-state index contributed by atoms with van der Waals surface area (Å²) in [7, 11) is 0. The van der Waals surface area contributed by atoms with Crippen molar-refractivity contribution in [2.45, 2.75) is 91.9 Å². The summed E-state index contributed by atoms with van der Waals surface area (Å²) in [6.07, 6.45) is 14.3. The summed E-state index contributed by atoms with van der Waals surface area (Å²) in [4.78, 5) is 0. The van der Waals surface area contributed by atoms with Crippen LogP contribution in [0.1, 0.15) is 91.9 Å². The maximum absolute atomic E-state index is 2.49. The van der Waals surface area contributed by atoms with Gasteiger partial charge in [0.15, 0.2) is 0 Å². The van der Waals surface area contributed by atoms with Gasteiger partial charge in [-0.3, -0.25) is 0 Å². The van der Waals surface area contributed by atoms with Crippen LogP contribution in [0.5, 0.6) is 0 Å². The molecule has 0 heterocycles. The summed E-state index contributed by atoms with van der Waals surface area (Å²) >= 11 is 0. The first-order valence-electron chi connectivity index (χ1n) is 7.76. The van der Waals surface area contributed by atoms with Crippen molar-refractivity contribution in [3.63, 3.8) is 0 Å². The zero-order valence-electron chi connectivity index (χ0n) is 12.2. The van der Waals surface area contributed by atoms with Gasteiger partial charge in [-0.05, 0) is 11.8 Å². The van der Waals surface area contributed by atoms with Gasteiger partial charge in [-0.1, -0.05) is 91.9 Å². The van der Waals surface area contributed by atoms with Crippen molar-refractivity contribution in [2.24, 2.45) is 11.8 Å². The summed E-state index contributed by atoms with van der Waals surface area (Å²) in [6.45, 7) is 9.43. The standard InChI is InChI=1S/C16H34/c1-5-8-10-11-13-15(4)16(12-7-3)14-9-6-2/h15-16H,5-14H2,1-4H3. The summed E-state index contributed by atoms with van der Waals surface area (Å²) in [5.41, 5.74) is 0. The van der Waals surface area contributed by atoms with E-state index in [4.69, 9.17) is 0 Å². The Kier molecular flexibility index (Phi) is 11.5. The van der Waals surface area contributed by atoms with Crippen LogP contribution in [0.2, 0.25) is 0 Å². The molecule has 0 aliphatic heterocycles. The van der Waals surface area contributed by atoms with E-state index in [2.05, 4.69) is 27.7 Å². The molecule has 0 amide bonds. The predicted octanol–water partition coefficient (Wildman–Crippen LogP) is 6.20. The number of unbranched alkanes of at least 4 members (excludes halogenated alkanes) is 4. The second-order valence-electron chi connectivity index (χ2n) is 5.52. The van der Waals surface area contributed by atoms with E-state index in [0.717, 1.165) is 11.8 Å². The molecule has 0 aromatic heterocycles. The first kappa shape index (κ1) is 16.0. The highest BCUT2D eigenvalue weighted by Crippen LogP contribution is 2.27. The van der Waals surface area contributed by atoms with E-state index in [1.807, 2.05) is 0 Å². The topological polar surface area (TPSA) is 0 Å². The molecule has 0 bridgehead atoms. The summed E-state index contributed by atoms with van der Waals surface area (Å²) in [5, 5.41) is 0. The largest absolute Gasteiger partial charge is 0.0654 e. The molecular weight excluding hydrogens is 192 g/mol. The third-order valence-electron chi connectivity index (χ3n) is 3.91. The van der Waals surface area contributed by atoms with Gasteiger partial charge in [-0.15, -0.1) is 0 Å². The maximum atomic E-state index is 2.49. The van der Waals surface area contributed by atoms with Crippen molar-refractivity contribution in [3.05, 3.63) is 0 Å². The van der Waals surface area contributed by atoms with Crippen LogP contribution in [-0.4, -0.2) is 0 Å². The van der Waals surface area contributed by atoms with Gasteiger partial charge in [0.2, 0.25) is 0 Å². The van der Waals surface area contributed by atoms with E-state index in [0.29, 0.717) is 0 Å². The molecule has 0 spiro atoms. The third kappa shape index (κ3) is 8.19. The zero-order valence-corrected chi connectivity index (χ0v) is 12.2. The average Bonchev–Trinajstić information content (AvgIpc) is 2.29. The van der Waals surface area contributed by atoms with Crippen molar-refractivity contribution in [1.82, 2.24) is 0 Å². The molecule has 0 nitrogen and oxygen atoms in total. The van der Waals surface area contributed by atoms with Crippen LogP contribution in [0.15, 0.2) is 0 Å². The molecule has 0 heteroatoms. The second-order valence-corrected chi connectivity index (χ2v) is 5.52. The second kappa shape index (κ2) is 11.5. The van der Waals surface area contributed by atoms with E-state index >= 15 is 0 Å².